The van der Waals surface area contributed by atoms with Crippen molar-refractivity contribution in [2.24, 2.45) is 0 Å². The molecule has 0 aliphatic carbocycles. The van der Waals surface area contributed by atoms with Gasteiger partial charge in [0.25, 0.3) is 0 Å². The minimum absolute atomic E-state index is 0.409. The Bertz CT molecular complexity index is 413. The van der Waals surface area contributed by atoms with E-state index in [-0.39, 0.29) is 0 Å². The van der Waals surface area contributed by atoms with Crippen LogP contribution in [0.15, 0.2) is 29.3 Å². The highest BCUT2D eigenvalue weighted by molar-refractivity contribution is 9.10. The van der Waals surface area contributed by atoms with E-state index in [1.807, 2.05) is 0 Å². The summed E-state index contributed by atoms with van der Waals surface area (Å²) >= 11 is 3.22. The predicted octanol–water partition coefficient (Wildman–Crippen LogP) is 2.37. The van der Waals surface area contributed by atoms with Gasteiger partial charge in [-0.2, -0.15) is 4.39 Å². The van der Waals surface area contributed by atoms with E-state index >= 15 is 0 Å². The third kappa shape index (κ3) is 1.60. The first-order valence-electron chi connectivity index (χ1n) is 3.57. The number of hydrogen-bond acceptors (Lipinski definition) is 2. The summed E-state index contributed by atoms with van der Waals surface area (Å²) in [5.41, 5.74) is 1.03. The summed E-state index contributed by atoms with van der Waals surface area (Å²) in [5.74, 6) is -0.507. The zero-order valence-electron chi connectivity index (χ0n) is 6.46. The van der Waals surface area contributed by atoms with E-state index in [0.717, 1.165) is 4.47 Å². The molecule has 2 aromatic rings. The van der Waals surface area contributed by atoms with E-state index in [0.29, 0.717) is 11.3 Å². The Hall–Kier alpha value is -1.23. The molecule has 0 fully saturated rings. The molecule has 0 amide bonds. The highest BCUT2D eigenvalue weighted by Crippen LogP contribution is 2.21. The Balaban J connectivity index is 2.57. The molecule has 2 aromatic heterocycles. The number of nitrogens with one attached hydrogen (secondary N) is 1. The second kappa shape index (κ2) is 3.26. The summed E-state index contributed by atoms with van der Waals surface area (Å²) in [5, 5.41) is 0. The molecular weight excluding hydrogens is 237 g/mol. The van der Waals surface area contributed by atoms with Crippen molar-refractivity contribution in [3.63, 3.8) is 0 Å². The number of H-pyrrole nitrogens is 1. The molecule has 3 nitrogen and oxygen atoms in total. The van der Waals surface area contributed by atoms with Crippen LogP contribution in [0.25, 0.3) is 11.3 Å². The van der Waals surface area contributed by atoms with Crippen LogP contribution >= 0.6 is 15.9 Å². The first-order valence-corrected chi connectivity index (χ1v) is 4.36. The summed E-state index contributed by atoms with van der Waals surface area (Å²) < 4.78 is 13.9. The molecule has 0 unspecified atom stereocenters. The molecule has 0 aromatic carbocycles. The summed E-state index contributed by atoms with van der Waals surface area (Å²) in [6, 6.07) is 1.65. The number of aromatic amines is 1. The Morgan fingerprint density at radius 1 is 1.38 bits per heavy atom. The Morgan fingerprint density at radius 2 is 2.23 bits per heavy atom. The highest BCUT2D eigenvalue weighted by atomic mass is 79.9. The minimum atomic E-state index is -0.507. The molecule has 13 heavy (non-hydrogen) atoms. The quantitative estimate of drug-likeness (QED) is 0.780. The maximum absolute atomic E-state index is 13.2. The lowest BCUT2D eigenvalue weighted by atomic mass is 10.2. The van der Waals surface area contributed by atoms with Crippen LogP contribution in [0.5, 0.6) is 0 Å². The van der Waals surface area contributed by atoms with E-state index in [9.17, 15) is 4.39 Å². The zero-order valence-corrected chi connectivity index (χ0v) is 8.05. The topological polar surface area (TPSA) is 41.6 Å². The average Bonchev–Trinajstić information content (AvgIpc) is 2.61. The largest absolute Gasteiger partial charge is 0.344 e. The molecule has 0 aliphatic rings. The zero-order chi connectivity index (χ0) is 9.26. The summed E-state index contributed by atoms with van der Waals surface area (Å²) in [7, 11) is 0. The normalized spacial score (nSPS) is 10.3. The van der Waals surface area contributed by atoms with Crippen molar-refractivity contribution in [2.45, 2.75) is 0 Å². The first kappa shape index (κ1) is 8.37. The van der Waals surface area contributed by atoms with Gasteiger partial charge < -0.3 is 4.98 Å². The van der Waals surface area contributed by atoms with Crippen LogP contribution in [0.1, 0.15) is 0 Å². The van der Waals surface area contributed by atoms with Crippen molar-refractivity contribution in [2.75, 3.05) is 0 Å². The van der Waals surface area contributed by atoms with Crippen LogP contribution in [0.3, 0.4) is 0 Å². The van der Waals surface area contributed by atoms with Crippen molar-refractivity contribution in [1.82, 2.24) is 15.0 Å². The smallest absolute Gasteiger partial charge is 0.222 e. The lowest BCUT2D eigenvalue weighted by molar-refractivity contribution is 0.586. The molecule has 0 aliphatic heterocycles. The summed E-state index contributed by atoms with van der Waals surface area (Å²) in [6.07, 6.45) is 4.46. The van der Waals surface area contributed by atoms with Crippen LogP contribution < -0.4 is 0 Å². The van der Waals surface area contributed by atoms with Crippen LogP contribution in [-0.2, 0) is 0 Å². The maximum atomic E-state index is 13.2. The van der Waals surface area contributed by atoms with Gasteiger partial charge in [-0.25, -0.2) is 9.97 Å². The minimum Gasteiger partial charge on any atom is -0.344 e. The maximum Gasteiger partial charge on any atom is 0.222 e. The Morgan fingerprint density at radius 3 is 2.92 bits per heavy atom. The van der Waals surface area contributed by atoms with Crippen LogP contribution in [0, 0.1) is 5.95 Å². The van der Waals surface area contributed by atoms with Crippen molar-refractivity contribution >= 4 is 15.9 Å². The number of pyridine rings is 1. The highest BCUT2D eigenvalue weighted by Gasteiger charge is 2.07. The molecule has 2 heterocycles. The SMILES string of the molecule is Fc1ncc(Br)cc1-c1cnc[nH]1. The van der Waals surface area contributed by atoms with Crippen molar-refractivity contribution in [3.05, 3.63) is 35.2 Å². The Kier molecular flexibility index (Phi) is 2.10. The fourth-order valence-electron chi connectivity index (χ4n) is 1.01. The van der Waals surface area contributed by atoms with E-state index < -0.39 is 5.95 Å². The molecule has 66 valence electrons. The molecule has 1 N–H and O–H groups in total. The molecule has 0 saturated carbocycles. The molecular formula is C8H5BrFN3. The fraction of sp³-hybridized carbons (Fsp3) is 0. The van der Waals surface area contributed by atoms with E-state index in [4.69, 9.17) is 0 Å². The number of rotatable bonds is 1. The van der Waals surface area contributed by atoms with Gasteiger partial charge in [0.2, 0.25) is 5.95 Å². The second-order valence-electron chi connectivity index (χ2n) is 2.46. The summed E-state index contributed by atoms with van der Waals surface area (Å²) in [4.78, 5) is 10.2. The number of nitrogens with zero attached hydrogens (tertiary/aromatic N) is 2. The van der Waals surface area contributed by atoms with Gasteiger partial charge in [-0.1, -0.05) is 0 Å². The third-order valence-electron chi connectivity index (χ3n) is 1.59. The fourth-order valence-corrected chi connectivity index (χ4v) is 1.35. The van der Waals surface area contributed by atoms with E-state index in [1.165, 1.54) is 12.5 Å². The average molecular weight is 242 g/mol. The molecule has 0 saturated heterocycles. The van der Waals surface area contributed by atoms with Crippen LogP contribution in [-0.4, -0.2) is 15.0 Å². The molecule has 0 spiro atoms. The number of aromatic nitrogens is 3. The monoisotopic (exact) mass is 241 g/mol. The van der Waals surface area contributed by atoms with Crippen LogP contribution in [0.2, 0.25) is 0 Å². The van der Waals surface area contributed by atoms with Gasteiger partial charge >= 0.3 is 0 Å². The van der Waals surface area contributed by atoms with Gasteiger partial charge in [-0.3, -0.25) is 0 Å². The molecule has 5 heteroatoms. The molecule has 0 bridgehead atoms. The molecule has 2 rings (SSSR count). The molecule has 0 radical (unpaired) electrons. The Labute approximate surface area is 82.2 Å². The number of halogens is 2. The summed E-state index contributed by atoms with van der Waals surface area (Å²) in [6.45, 7) is 0. The van der Waals surface area contributed by atoms with E-state index in [1.54, 1.807) is 12.3 Å². The van der Waals surface area contributed by atoms with Crippen molar-refractivity contribution in [1.29, 1.82) is 0 Å². The van der Waals surface area contributed by atoms with Gasteiger partial charge in [-0.15, -0.1) is 0 Å². The lowest BCUT2D eigenvalue weighted by Gasteiger charge is -1.98. The van der Waals surface area contributed by atoms with E-state index in [2.05, 4.69) is 30.9 Å². The van der Waals surface area contributed by atoms with Gasteiger partial charge in [0.1, 0.15) is 0 Å². The lowest BCUT2D eigenvalue weighted by Crippen LogP contribution is -1.88. The second-order valence-corrected chi connectivity index (χ2v) is 3.37. The van der Waals surface area contributed by atoms with Gasteiger partial charge in [0.05, 0.1) is 23.8 Å². The third-order valence-corrected chi connectivity index (χ3v) is 2.03. The predicted molar refractivity (Wildman–Crippen MR) is 49.5 cm³/mol. The van der Waals surface area contributed by atoms with Crippen molar-refractivity contribution in [3.8, 4) is 11.3 Å². The number of hydrogen-bond donors (Lipinski definition) is 1. The van der Waals surface area contributed by atoms with Gasteiger partial charge in [0.15, 0.2) is 0 Å². The van der Waals surface area contributed by atoms with Crippen LogP contribution in [0.4, 0.5) is 4.39 Å². The number of imidazole rings is 1. The van der Waals surface area contributed by atoms with Gasteiger partial charge in [0, 0.05) is 10.7 Å². The van der Waals surface area contributed by atoms with Crippen molar-refractivity contribution < 1.29 is 4.39 Å². The standard InChI is InChI=1S/C8H5BrFN3/c9-5-1-6(8(10)12-2-5)7-3-11-4-13-7/h1-4H,(H,11,13). The first-order chi connectivity index (χ1) is 6.27. The van der Waals surface area contributed by atoms with Gasteiger partial charge in [-0.05, 0) is 22.0 Å². The molecule has 0 atom stereocenters.